The van der Waals surface area contributed by atoms with Crippen molar-refractivity contribution in [3.05, 3.63) is 11.8 Å². The number of esters is 2. The average Bonchev–Trinajstić information content (AvgIpc) is 2.41. The van der Waals surface area contributed by atoms with Crippen LogP contribution >= 0.6 is 11.8 Å². The number of hydrogen-bond donors (Lipinski definition) is 0. The van der Waals surface area contributed by atoms with Gasteiger partial charge in [0.1, 0.15) is 11.9 Å². The summed E-state index contributed by atoms with van der Waals surface area (Å²) in [5.41, 5.74) is 0. The van der Waals surface area contributed by atoms with E-state index in [-0.39, 0.29) is 18.0 Å². The maximum Gasteiger partial charge on any atom is 0.307 e. The number of fused-ring (bicyclic) bond motifs is 2. The number of rotatable bonds is 2. The molecule has 0 aliphatic carbocycles. The second-order valence-corrected chi connectivity index (χ2v) is 5.85. The molecule has 0 N–H and O–H groups in total. The molecule has 0 radical (unpaired) electrons. The molecule has 0 aromatic heterocycles. The molecule has 2 rings (SSSR count). The Kier molecular flexibility index (Phi) is 3.76. The molecular weight excluding hydrogens is 240 g/mol. The first-order valence-electron chi connectivity index (χ1n) is 5.76. The van der Waals surface area contributed by atoms with Crippen molar-refractivity contribution < 1.29 is 19.1 Å². The molecule has 17 heavy (non-hydrogen) atoms. The van der Waals surface area contributed by atoms with Crippen molar-refractivity contribution in [2.24, 2.45) is 0 Å². The van der Waals surface area contributed by atoms with Gasteiger partial charge in [0.05, 0.1) is 0 Å². The number of carbonyl (C=O) groups is 2. The summed E-state index contributed by atoms with van der Waals surface area (Å²) in [7, 11) is 0. The largest absolute Gasteiger partial charge is 0.461 e. The minimum absolute atomic E-state index is 0.0117. The normalized spacial score (nSPS) is 31.4. The van der Waals surface area contributed by atoms with E-state index in [0.29, 0.717) is 10.5 Å². The van der Waals surface area contributed by atoms with Gasteiger partial charge in [-0.25, -0.2) is 0 Å². The third kappa shape index (κ3) is 3.25. The summed E-state index contributed by atoms with van der Waals surface area (Å²) >= 11 is 1.81. The lowest BCUT2D eigenvalue weighted by molar-refractivity contribution is -0.146. The van der Waals surface area contributed by atoms with Gasteiger partial charge in [-0.1, -0.05) is 0 Å². The first-order valence-corrected chi connectivity index (χ1v) is 6.70. The summed E-state index contributed by atoms with van der Waals surface area (Å²) in [4.78, 5) is 21.9. The van der Waals surface area contributed by atoms with E-state index in [1.807, 2.05) is 17.8 Å². The molecule has 2 bridgehead atoms. The Hall–Kier alpha value is -0.970. The molecule has 0 spiro atoms. The number of ether oxygens (including phenoxy) is 2. The van der Waals surface area contributed by atoms with Crippen molar-refractivity contribution in [1.82, 2.24) is 0 Å². The van der Waals surface area contributed by atoms with Gasteiger partial charge in [-0.15, -0.1) is 11.8 Å². The molecule has 1 saturated heterocycles. The van der Waals surface area contributed by atoms with E-state index in [1.165, 1.54) is 13.8 Å². The van der Waals surface area contributed by atoms with Gasteiger partial charge in [0.25, 0.3) is 0 Å². The molecular formula is C12H16O4S. The second kappa shape index (κ2) is 5.12. The molecule has 2 aliphatic rings. The lowest BCUT2D eigenvalue weighted by Gasteiger charge is -2.19. The van der Waals surface area contributed by atoms with Crippen LogP contribution in [0.15, 0.2) is 11.8 Å². The zero-order chi connectivity index (χ0) is 12.4. The van der Waals surface area contributed by atoms with Gasteiger partial charge >= 0.3 is 11.9 Å². The Morgan fingerprint density at radius 3 is 2.76 bits per heavy atom. The van der Waals surface area contributed by atoms with Crippen LogP contribution in [0.25, 0.3) is 0 Å². The highest BCUT2D eigenvalue weighted by Gasteiger charge is 2.38. The van der Waals surface area contributed by atoms with E-state index >= 15 is 0 Å². The standard InChI is InChI=1S/C12H16O4S/c1-7(13)15-9-3-4-12-11(16-8(2)14)6-10(5-9)17-12/h5,10-12H,3-4,6H2,1-2H3. The number of thioether (sulfide) groups is 1. The predicted octanol–water partition coefficient (Wildman–Crippen LogP) is 2.03. The molecule has 0 saturated carbocycles. The van der Waals surface area contributed by atoms with Crippen LogP contribution in [0, 0.1) is 0 Å². The van der Waals surface area contributed by atoms with Crippen LogP contribution in [-0.4, -0.2) is 28.5 Å². The van der Waals surface area contributed by atoms with Gasteiger partial charge in [0.2, 0.25) is 0 Å². The van der Waals surface area contributed by atoms with Gasteiger partial charge in [0.15, 0.2) is 0 Å². The molecule has 3 unspecified atom stereocenters. The molecule has 0 aromatic carbocycles. The van der Waals surface area contributed by atoms with Crippen molar-refractivity contribution in [3.8, 4) is 0 Å². The van der Waals surface area contributed by atoms with Crippen molar-refractivity contribution in [2.45, 2.75) is 49.7 Å². The van der Waals surface area contributed by atoms with Gasteiger partial charge < -0.3 is 9.47 Å². The fourth-order valence-corrected chi connectivity index (χ4v) is 3.87. The van der Waals surface area contributed by atoms with Gasteiger partial charge in [-0.3, -0.25) is 9.59 Å². The summed E-state index contributed by atoms with van der Waals surface area (Å²) in [6.07, 6.45) is 4.46. The molecule has 1 fully saturated rings. The maximum atomic E-state index is 11.0. The third-order valence-electron chi connectivity index (χ3n) is 2.87. The zero-order valence-electron chi connectivity index (χ0n) is 9.97. The summed E-state index contributed by atoms with van der Waals surface area (Å²) in [5.74, 6) is 0.278. The van der Waals surface area contributed by atoms with Crippen LogP contribution in [0.3, 0.4) is 0 Å². The number of carbonyl (C=O) groups excluding carboxylic acids is 2. The molecule has 0 amide bonds. The summed E-state index contributed by atoms with van der Waals surface area (Å²) < 4.78 is 10.4. The van der Waals surface area contributed by atoms with E-state index in [0.717, 1.165) is 25.0 Å². The van der Waals surface area contributed by atoms with E-state index in [4.69, 9.17) is 9.47 Å². The lowest BCUT2D eigenvalue weighted by atomic mass is 10.0. The van der Waals surface area contributed by atoms with Crippen LogP contribution in [0.4, 0.5) is 0 Å². The summed E-state index contributed by atoms with van der Waals surface area (Å²) in [6.45, 7) is 2.86. The number of allylic oxidation sites excluding steroid dienone is 1. The average molecular weight is 256 g/mol. The number of hydrogen-bond acceptors (Lipinski definition) is 5. The highest BCUT2D eigenvalue weighted by molar-refractivity contribution is 8.01. The molecule has 5 heteroatoms. The quantitative estimate of drug-likeness (QED) is 0.708. The first-order chi connectivity index (χ1) is 8.04. The molecule has 0 aromatic rings. The predicted molar refractivity (Wildman–Crippen MR) is 64.4 cm³/mol. The Balaban J connectivity index is 2.00. The van der Waals surface area contributed by atoms with E-state index in [9.17, 15) is 9.59 Å². The fraction of sp³-hybridized carbons (Fsp3) is 0.667. The Morgan fingerprint density at radius 2 is 2.12 bits per heavy atom. The Bertz CT molecular complexity index is 364. The highest BCUT2D eigenvalue weighted by atomic mass is 32.2. The second-order valence-electron chi connectivity index (χ2n) is 4.36. The minimum atomic E-state index is -0.268. The van der Waals surface area contributed by atoms with Gasteiger partial charge in [-0.05, 0) is 12.5 Å². The van der Waals surface area contributed by atoms with Gasteiger partial charge in [0, 0.05) is 37.2 Å². The van der Waals surface area contributed by atoms with Gasteiger partial charge in [-0.2, -0.15) is 0 Å². The Morgan fingerprint density at radius 1 is 1.35 bits per heavy atom. The zero-order valence-corrected chi connectivity index (χ0v) is 10.8. The van der Waals surface area contributed by atoms with Crippen LogP contribution < -0.4 is 0 Å². The van der Waals surface area contributed by atoms with E-state index in [2.05, 4.69) is 0 Å². The van der Waals surface area contributed by atoms with Crippen molar-refractivity contribution >= 4 is 23.7 Å². The van der Waals surface area contributed by atoms with Crippen LogP contribution in [0.2, 0.25) is 0 Å². The summed E-state index contributed by atoms with van der Waals surface area (Å²) in [6, 6.07) is 0. The van der Waals surface area contributed by atoms with Crippen LogP contribution in [0.1, 0.15) is 33.1 Å². The highest BCUT2D eigenvalue weighted by Crippen LogP contribution is 2.42. The third-order valence-corrected chi connectivity index (χ3v) is 4.44. The SMILES string of the molecule is CC(=O)OC1=CC2CC(OC(C)=O)C(CC1)S2. The van der Waals surface area contributed by atoms with Crippen molar-refractivity contribution in [2.75, 3.05) is 0 Å². The summed E-state index contributed by atoms with van der Waals surface area (Å²) in [5, 5.41) is 0.620. The molecule has 4 nitrogen and oxygen atoms in total. The molecule has 3 atom stereocenters. The fourth-order valence-electron chi connectivity index (χ4n) is 2.29. The first kappa shape index (κ1) is 12.5. The topological polar surface area (TPSA) is 52.6 Å². The van der Waals surface area contributed by atoms with Crippen molar-refractivity contribution in [3.63, 3.8) is 0 Å². The van der Waals surface area contributed by atoms with Crippen molar-refractivity contribution in [1.29, 1.82) is 0 Å². The monoisotopic (exact) mass is 256 g/mol. The maximum absolute atomic E-state index is 11.0. The van der Waals surface area contributed by atoms with E-state index < -0.39 is 0 Å². The lowest BCUT2D eigenvalue weighted by Crippen LogP contribution is -2.25. The minimum Gasteiger partial charge on any atom is -0.461 e. The molecule has 94 valence electrons. The Labute approximate surface area is 105 Å². The van der Waals surface area contributed by atoms with Crippen LogP contribution in [0.5, 0.6) is 0 Å². The molecule has 2 aliphatic heterocycles. The van der Waals surface area contributed by atoms with E-state index in [1.54, 1.807) is 0 Å². The molecule has 2 heterocycles. The smallest absolute Gasteiger partial charge is 0.307 e. The van der Waals surface area contributed by atoms with Crippen LogP contribution in [-0.2, 0) is 19.1 Å².